The van der Waals surface area contributed by atoms with Gasteiger partial charge in [0, 0.05) is 25.4 Å². The lowest BCUT2D eigenvalue weighted by atomic mass is 10.2. The zero-order valence-electron chi connectivity index (χ0n) is 12.9. The van der Waals surface area contributed by atoms with Crippen LogP contribution in [0.2, 0.25) is 0 Å². The number of hydrogen-bond donors (Lipinski definition) is 1. The van der Waals surface area contributed by atoms with Crippen molar-refractivity contribution in [2.45, 2.75) is 12.8 Å². The van der Waals surface area contributed by atoms with Crippen molar-refractivity contribution in [3.05, 3.63) is 34.9 Å². The lowest BCUT2D eigenvalue weighted by molar-refractivity contribution is -0.137. The number of carboxylic acids is 1. The third kappa shape index (κ3) is 3.20. The number of amides is 1. The Morgan fingerprint density at radius 1 is 1.42 bits per heavy atom. The first-order valence-electron chi connectivity index (χ1n) is 7.36. The summed E-state index contributed by atoms with van der Waals surface area (Å²) in [5, 5.41) is 14.1. The number of carbonyl (C=O) groups is 2. The summed E-state index contributed by atoms with van der Waals surface area (Å²) in [5.41, 5.74) is 1.71. The number of nitrogens with zero attached hydrogens (tertiary/aromatic N) is 3. The Morgan fingerprint density at radius 2 is 2.17 bits per heavy atom. The van der Waals surface area contributed by atoms with Crippen molar-refractivity contribution in [2.75, 3.05) is 6.54 Å². The van der Waals surface area contributed by atoms with Crippen molar-refractivity contribution in [3.8, 4) is 0 Å². The summed E-state index contributed by atoms with van der Waals surface area (Å²) in [6.45, 7) is 0.320. The lowest BCUT2D eigenvalue weighted by Gasteiger charge is -2.13. The predicted octanol–water partition coefficient (Wildman–Crippen LogP) is 2.64. The third-order valence-electron chi connectivity index (χ3n) is 3.70. The maximum atomic E-state index is 12.5. The Balaban J connectivity index is 1.85. The number of thioether (sulfide) groups is 1. The van der Waals surface area contributed by atoms with Gasteiger partial charge in [0.25, 0.3) is 5.91 Å². The quantitative estimate of drug-likeness (QED) is 0.652. The number of carbonyl (C=O) groups excluding carboxylic acids is 1. The number of carboxylic acid groups (broad SMARTS) is 1. The fourth-order valence-corrected chi connectivity index (χ4v) is 3.83. The highest BCUT2D eigenvalue weighted by Crippen LogP contribution is 2.33. The Bertz CT molecular complexity index is 873. The van der Waals surface area contributed by atoms with Gasteiger partial charge in [-0.1, -0.05) is 42.2 Å². The van der Waals surface area contributed by atoms with E-state index in [1.165, 1.54) is 16.7 Å². The minimum absolute atomic E-state index is 0.0163. The molecule has 1 aromatic carbocycles. The highest BCUT2D eigenvalue weighted by molar-refractivity contribution is 8.26. The molecule has 1 amide bonds. The molecule has 0 aliphatic carbocycles. The van der Waals surface area contributed by atoms with Crippen LogP contribution in [0.3, 0.4) is 0 Å². The molecule has 0 radical (unpaired) electrons. The summed E-state index contributed by atoms with van der Waals surface area (Å²) in [4.78, 5) is 25.1. The third-order valence-corrected chi connectivity index (χ3v) is 5.08. The second-order valence-electron chi connectivity index (χ2n) is 5.36. The second kappa shape index (κ2) is 6.74. The molecular formula is C16H15N3O3S2. The average Bonchev–Trinajstić information content (AvgIpc) is 2.98. The van der Waals surface area contributed by atoms with Gasteiger partial charge in [0.2, 0.25) is 0 Å². The van der Waals surface area contributed by atoms with E-state index in [-0.39, 0.29) is 12.3 Å². The fraction of sp³-hybridized carbons (Fsp3) is 0.250. The Kier molecular flexibility index (Phi) is 4.68. The van der Waals surface area contributed by atoms with Gasteiger partial charge in [-0.2, -0.15) is 5.10 Å². The molecule has 1 aliphatic heterocycles. The number of aromatic nitrogens is 2. The summed E-state index contributed by atoms with van der Waals surface area (Å²) in [7, 11) is 1.83. The van der Waals surface area contributed by atoms with Crippen LogP contribution < -0.4 is 0 Å². The van der Waals surface area contributed by atoms with Crippen LogP contribution in [0, 0.1) is 0 Å². The van der Waals surface area contributed by atoms with E-state index in [1.807, 2.05) is 31.3 Å². The summed E-state index contributed by atoms with van der Waals surface area (Å²) in [6, 6.07) is 7.73. The largest absolute Gasteiger partial charge is 0.481 e. The van der Waals surface area contributed by atoms with Crippen LogP contribution in [0.5, 0.6) is 0 Å². The van der Waals surface area contributed by atoms with E-state index in [9.17, 15) is 9.59 Å². The molecule has 1 saturated heterocycles. The number of thiocarbonyl (C=S) groups is 1. The van der Waals surface area contributed by atoms with E-state index in [4.69, 9.17) is 17.3 Å². The number of rotatable bonds is 5. The topological polar surface area (TPSA) is 75.4 Å². The molecule has 0 spiro atoms. The summed E-state index contributed by atoms with van der Waals surface area (Å²) >= 11 is 6.49. The number of hydrogen-bond acceptors (Lipinski definition) is 5. The average molecular weight is 361 g/mol. The molecule has 0 bridgehead atoms. The van der Waals surface area contributed by atoms with Crippen molar-refractivity contribution >= 4 is 57.2 Å². The maximum absolute atomic E-state index is 12.5. The van der Waals surface area contributed by atoms with Gasteiger partial charge in [0.1, 0.15) is 4.32 Å². The predicted molar refractivity (Wildman–Crippen MR) is 97.5 cm³/mol. The standard InChI is InChI=1S/C16H15N3O3S2/c1-18-12(10-5-2-3-6-11(10)17-18)9-13-15(22)19(16(23)24-13)8-4-7-14(20)21/h2-3,5-6,9H,4,7-8H2,1H3,(H,20,21). The molecule has 0 saturated carbocycles. The zero-order valence-corrected chi connectivity index (χ0v) is 14.6. The molecule has 1 aliphatic rings. The highest BCUT2D eigenvalue weighted by Gasteiger charge is 2.32. The molecule has 0 unspecified atom stereocenters. The molecule has 0 atom stereocenters. The monoisotopic (exact) mass is 361 g/mol. The van der Waals surface area contributed by atoms with Gasteiger partial charge in [-0.05, 0) is 18.6 Å². The van der Waals surface area contributed by atoms with Gasteiger partial charge in [-0.15, -0.1) is 0 Å². The molecule has 124 valence electrons. The van der Waals surface area contributed by atoms with Crippen molar-refractivity contribution in [2.24, 2.45) is 7.05 Å². The SMILES string of the molecule is Cn1nc2ccccc2c1C=C1SC(=S)N(CCCC(=O)O)C1=O. The molecule has 2 heterocycles. The molecule has 1 aromatic heterocycles. The van der Waals surface area contributed by atoms with Crippen LogP contribution in [0.15, 0.2) is 29.2 Å². The minimum Gasteiger partial charge on any atom is -0.481 e. The minimum atomic E-state index is -0.877. The molecule has 1 N–H and O–H groups in total. The molecule has 8 heteroatoms. The van der Waals surface area contributed by atoms with Crippen LogP contribution in [0.1, 0.15) is 18.5 Å². The molecule has 2 aromatic rings. The van der Waals surface area contributed by atoms with E-state index < -0.39 is 5.97 Å². The Morgan fingerprint density at radius 3 is 2.92 bits per heavy atom. The van der Waals surface area contributed by atoms with Crippen LogP contribution in [-0.4, -0.2) is 42.5 Å². The Hall–Kier alpha value is -2.19. The molecule has 3 rings (SSSR count). The van der Waals surface area contributed by atoms with Crippen molar-refractivity contribution in [1.82, 2.24) is 14.7 Å². The maximum Gasteiger partial charge on any atom is 0.303 e. The molecule has 24 heavy (non-hydrogen) atoms. The van der Waals surface area contributed by atoms with E-state index in [1.54, 1.807) is 10.8 Å². The van der Waals surface area contributed by atoms with E-state index in [0.717, 1.165) is 16.6 Å². The van der Waals surface area contributed by atoms with Crippen LogP contribution in [0.4, 0.5) is 0 Å². The fourth-order valence-electron chi connectivity index (χ4n) is 2.54. The van der Waals surface area contributed by atoms with Gasteiger partial charge >= 0.3 is 5.97 Å². The number of fused-ring (bicyclic) bond motifs is 1. The van der Waals surface area contributed by atoms with E-state index in [2.05, 4.69) is 5.10 Å². The van der Waals surface area contributed by atoms with E-state index >= 15 is 0 Å². The van der Waals surface area contributed by atoms with Crippen LogP contribution >= 0.6 is 24.0 Å². The molecule has 6 nitrogen and oxygen atoms in total. The van der Waals surface area contributed by atoms with Crippen molar-refractivity contribution in [1.29, 1.82) is 0 Å². The lowest BCUT2D eigenvalue weighted by Crippen LogP contribution is -2.29. The van der Waals surface area contributed by atoms with Crippen molar-refractivity contribution < 1.29 is 14.7 Å². The summed E-state index contributed by atoms with van der Waals surface area (Å²) in [6.07, 6.45) is 2.19. The highest BCUT2D eigenvalue weighted by atomic mass is 32.2. The number of aryl methyl sites for hydroxylation is 1. The first-order chi connectivity index (χ1) is 11.5. The number of aliphatic carboxylic acids is 1. The van der Waals surface area contributed by atoms with Gasteiger partial charge in [-0.3, -0.25) is 19.2 Å². The van der Waals surface area contributed by atoms with Crippen LogP contribution in [0.25, 0.3) is 17.0 Å². The first kappa shape index (κ1) is 16.7. The second-order valence-corrected chi connectivity index (χ2v) is 7.03. The number of benzene rings is 1. The van der Waals surface area contributed by atoms with E-state index in [0.29, 0.717) is 22.2 Å². The van der Waals surface area contributed by atoms with Gasteiger partial charge in [0.05, 0.1) is 16.1 Å². The zero-order chi connectivity index (χ0) is 17.3. The molecule has 1 fully saturated rings. The van der Waals surface area contributed by atoms with Crippen molar-refractivity contribution in [3.63, 3.8) is 0 Å². The van der Waals surface area contributed by atoms with Crippen LogP contribution in [-0.2, 0) is 16.6 Å². The van der Waals surface area contributed by atoms with Gasteiger partial charge in [-0.25, -0.2) is 0 Å². The Labute approximate surface area is 148 Å². The first-order valence-corrected chi connectivity index (χ1v) is 8.59. The normalized spacial score (nSPS) is 16.5. The summed E-state index contributed by atoms with van der Waals surface area (Å²) < 4.78 is 2.20. The summed E-state index contributed by atoms with van der Waals surface area (Å²) in [5.74, 6) is -1.06. The molecular weight excluding hydrogens is 346 g/mol. The van der Waals surface area contributed by atoms with Gasteiger partial charge < -0.3 is 5.11 Å². The van der Waals surface area contributed by atoms with Gasteiger partial charge in [0.15, 0.2) is 0 Å². The smallest absolute Gasteiger partial charge is 0.303 e.